The number of imidazole rings is 1. The number of benzene rings is 4. The molecule has 2 aromatic heterocycles. The Morgan fingerprint density at radius 1 is 0.863 bits per heavy atom. The van der Waals surface area contributed by atoms with E-state index in [9.17, 15) is 14.7 Å². The molecule has 0 atom stereocenters. The molecule has 51 heavy (non-hydrogen) atoms. The van der Waals surface area contributed by atoms with Crippen molar-refractivity contribution < 1.29 is 19.4 Å². The minimum atomic E-state index is -0.965. The number of rotatable bonds is 10. The van der Waals surface area contributed by atoms with Crippen LogP contribution in [-0.4, -0.2) is 31.5 Å². The summed E-state index contributed by atoms with van der Waals surface area (Å²) in [6, 6.07) is 30.3. The molecule has 8 nitrogen and oxygen atoms in total. The van der Waals surface area contributed by atoms with Crippen LogP contribution >= 0.6 is 36.4 Å². The molecular formula is C40H37Cl3N4O4. The van der Waals surface area contributed by atoms with Gasteiger partial charge in [0.1, 0.15) is 18.2 Å². The molecule has 0 saturated heterocycles. The lowest BCUT2D eigenvalue weighted by Gasteiger charge is -2.25. The molecule has 2 heterocycles. The lowest BCUT2D eigenvalue weighted by atomic mass is 9.95. The monoisotopic (exact) mass is 742 g/mol. The van der Waals surface area contributed by atoms with Crippen molar-refractivity contribution in [2.75, 3.05) is 0 Å². The number of nitrogens with zero attached hydrogens (tertiary/aromatic N) is 3. The first-order valence-corrected chi connectivity index (χ1v) is 16.9. The van der Waals surface area contributed by atoms with E-state index in [1.807, 2.05) is 84.9 Å². The minimum absolute atomic E-state index is 0. The number of carboxylic acids is 1. The van der Waals surface area contributed by atoms with E-state index < -0.39 is 5.97 Å². The molecule has 1 aliphatic carbocycles. The van der Waals surface area contributed by atoms with Gasteiger partial charge < -0.3 is 19.7 Å². The van der Waals surface area contributed by atoms with Crippen LogP contribution in [0, 0.1) is 0 Å². The molecule has 4 aromatic carbocycles. The Kier molecular flexibility index (Phi) is 12.4. The third kappa shape index (κ3) is 8.53. The van der Waals surface area contributed by atoms with Gasteiger partial charge in [-0.05, 0) is 108 Å². The van der Waals surface area contributed by atoms with E-state index in [0.29, 0.717) is 34.4 Å². The number of hydrogen-bond acceptors (Lipinski definition) is 5. The number of aromatic carboxylic acids is 1. The fourth-order valence-corrected chi connectivity index (χ4v) is 6.68. The Balaban J connectivity index is 0.00000252. The predicted molar refractivity (Wildman–Crippen MR) is 205 cm³/mol. The highest BCUT2D eigenvalue weighted by Gasteiger charge is 2.23. The quantitative estimate of drug-likeness (QED) is 0.145. The number of carbonyl (C=O) groups excluding carboxylic acids is 1. The van der Waals surface area contributed by atoms with Crippen LogP contribution in [0.2, 0.25) is 5.02 Å². The number of halogens is 3. The number of nitrogens with one attached hydrogen (secondary N) is 1. The summed E-state index contributed by atoms with van der Waals surface area (Å²) in [6.07, 6.45) is 9.12. The van der Waals surface area contributed by atoms with Crippen LogP contribution in [-0.2, 0) is 13.2 Å². The van der Waals surface area contributed by atoms with Gasteiger partial charge in [-0.15, -0.1) is 24.8 Å². The highest BCUT2D eigenvalue weighted by atomic mass is 35.5. The Bertz CT molecular complexity index is 2120. The zero-order valence-electron chi connectivity index (χ0n) is 27.6. The lowest BCUT2D eigenvalue weighted by Crippen LogP contribution is -2.23. The van der Waals surface area contributed by atoms with Gasteiger partial charge in [0.25, 0.3) is 5.91 Å². The summed E-state index contributed by atoms with van der Waals surface area (Å²) >= 11 is 6.17. The fourth-order valence-electron chi connectivity index (χ4n) is 6.56. The first kappa shape index (κ1) is 37.4. The van der Waals surface area contributed by atoms with Crippen molar-refractivity contribution in [3.8, 4) is 28.3 Å². The van der Waals surface area contributed by atoms with E-state index >= 15 is 0 Å². The van der Waals surface area contributed by atoms with Crippen LogP contribution < -0.4 is 10.1 Å². The fraction of sp³-hybridized carbons (Fsp3) is 0.200. The van der Waals surface area contributed by atoms with Crippen LogP contribution in [0.1, 0.15) is 70.0 Å². The van der Waals surface area contributed by atoms with Crippen LogP contribution in [0.3, 0.4) is 0 Å². The topological polar surface area (TPSA) is 106 Å². The molecular weight excluding hydrogens is 707 g/mol. The van der Waals surface area contributed by atoms with Gasteiger partial charge in [-0.2, -0.15) is 0 Å². The van der Waals surface area contributed by atoms with Gasteiger partial charge in [-0.25, -0.2) is 9.78 Å². The van der Waals surface area contributed by atoms with Gasteiger partial charge in [-0.1, -0.05) is 55.1 Å². The average molecular weight is 744 g/mol. The molecule has 0 radical (unpaired) electrons. The molecule has 2 N–H and O–H groups in total. The summed E-state index contributed by atoms with van der Waals surface area (Å²) in [4.78, 5) is 33.9. The second kappa shape index (κ2) is 16.9. The van der Waals surface area contributed by atoms with Crippen LogP contribution in [0.15, 0.2) is 109 Å². The van der Waals surface area contributed by atoms with E-state index in [1.54, 1.807) is 24.5 Å². The van der Waals surface area contributed by atoms with E-state index in [-0.39, 0.29) is 42.9 Å². The van der Waals surface area contributed by atoms with Crippen LogP contribution in [0.25, 0.3) is 33.5 Å². The van der Waals surface area contributed by atoms with E-state index in [2.05, 4.69) is 14.9 Å². The Morgan fingerprint density at radius 3 is 2.29 bits per heavy atom. The SMILES string of the molecule is Cl.Cl.O=C(O)c1ccc2c(c1)nc(-c1ccc(OCc3cc(C(=O)NCc4cccnc4)ccc3-c3ccc(Cl)cc3)cc1)n2C1CCCCC1. The zero-order valence-corrected chi connectivity index (χ0v) is 30.0. The first-order chi connectivity index (χ1) is 23.9. The molecule has 1 aliphatic rings. The van der Waals surface area contributed by atoms with Gasteiger partial charge in [0.15, 0.2) is 0 Å². The predicted octanol–water partition coefficient (Wildman–Crippen LogP) is 9.97. The van der Waals surface area contributed by atoms with Gasteiger partial charge in [0.2, 0.25) is 0 Å². The molecule has 262 valence electrons. The molecule has 0 unspecified atom stereocenters. The summed E-state index contributed by atoms with van der Waals surface area (Å²) in [6.45, 7) is 0.610. The van der Waals surface area contributed by atoms with E-state index in [4.69, 9.17) is 21.3 Å². The first-order valence-electron chi connectivity index (χ1n) is 16.5. The third-order valence-electron chi connectivity index (χ3n) is 9.08. The van der Waals surface area contributed by atoms with Crippen LogP contribution in [0.4, 0.5) is 0 Å². The average Bonchev–Trinajstić information content (AvgIpc) is 3.53. The Hall–Kier alpha value is -4.89. The van der Waals surface area contributed by atoms with Crippen molar-refractivity contribution >= 4 is 59.3 Å². The zero-order chi connectivity index (χ0) is 33.7. The summed E-state index contributed by atoms with van der Waals surface area (Å²) in [5.74, 6) is 0.345. The molecule has 1 amide bonds. The van der Waals surface area contributed by atoms with Gasteiger partial charge in [0, 0.05) is 41.1 Å². The van der Waals surface area contributed by atoms with Crippen LogP contribution in [0.5, 0.6) is 5.75 Å². The van der Waals surface area contributed by atoms with E-state index in [0.717, 1.165) is 64.8 Å². The number of fused-ring (bicyclic) bond motifs is 1. The smallest absolute Gasteiger partial charge is 0.335 e. The maximum atomic E-state index is 13.1. The molecule has 0 spiro atoms. The number of ether oxygens (including phenoxy) is 1. The van der Waals surface area contributed by atoms with Crippen molar-refractivity contribution in [3.63, 3.8) is 0 Å². The maximum Gasteiger partial charge on any atom is 0.335 e. The van der Waals surface area contributed by atoms with Crippen molar-refractivity contribution in [1.82, 2.24) is 19.9 Å². The second-order valence-corrected chi connectivity index (χ2v) is 12.8. The summed E-state index contributed by atoms with van der Waals surface area (Å²) in [7, 11) is 0. The number of amides is 1. The Morgan fingerprint density at radius 2 is 1.59 bits per heavy atom. The standard InChI is InChI=1S/C40H35ClN4O4.2ClH/c41-32-14-8-27(9-15-32)35-18-12-29(39(46)43-24-26-5-4-20-42-23-26)21-31(35)25-49-34-16-10-28(11-17-34)38-44-36-22-30(40(47)48)13-19-37(36)45(38)33-6-2-1-3-7-33;;/h4-5,8-23,33H,1-3,6-7,24-25H2,(H,43,46)(H,47,48);2*1H. The van der Waals surface area contributed by atoms with Crippen molar-refractivity contribution in [1.29, 1.82) is 0 Å². The summed E-state index contributed by atoms with van der Waals surface area (Å²) in [5, 5.41) is 13.2. The van der Waals surface area contributed by atoms with Crippen molar-refractivity contribution in [3.05, 3.63) is 137 Å². The van der Waals surface area contributed by atoms with Crippen molar-refractivity contribution in [2.24, 2.45) is 0 Å². The molecule has 7 rings (SSSR count). The largest absolute Gasteiger partial charge is 0.489 e. The molecule has 11 heteroatoms. The van der Waals surface area contributed by atoms with Gasteiger partial charge >= 0.3 is 5.97 Å². The third-order valence-corrected chi connectivity index (χ3v) is 9.33. The maximum absolute atomic E-state index is 13.1. The molecule has 6 aromatic rings. The second-order valence-electron chi connectivity index (χ2n) is 12.3. The van der Waals surface area contributed by atoms with Gasteiger partial charge in [0.05, 0.1) is 16.6 Å². The lowest BCUT2D eigenvalue weighted by molar-refractivity contribution is 0.0696. The minimum Gasteiger partial charge on any atom is -0.489 e. The normalized spacial score (nSPS) is 12.8. The van der Waals surface area contributed by atoms with Gasteiger partial charge in [-0.3, -0.25) is 9.78 Å². The molecule has 0 bridgehead atoms. The Labute approximate surface area is 313 Å². The van der Waals surface area contributed by atoms with E-state index in [1.165, 1.54) is 6.42 Å². The number of pyridine rings is 1. The summed E-state index contributed by atoms with van der Waals surface area (Å²) in [5.41, 5.74) is 7.00. The number of carboxylic acid groups (broad SMARTS) is 1. The number of hydrogen-bond donors (Lipinski definition) is 2. The molecule has 0 aliphatic heterocycles. The highest BCUT2D eigenvalue weighted by Crippen LogP contribution is 2.37. The van der Waals surface area contributed by atoms with Crippen molar-refractivity contribution in [2.45, 2.75) is 51.3 Å². The number of aromatic nitrogens is 3. The highest BCUT2D eigenvalue weighted by molar-refractivity contribution is 6.30. The summed E-state index contributed by atoms with van der Waals surface area (Å²) < 4.78 is 8.61. The molecule has 1 fully saturated rings. The molecule has 1 saturated carbocycles. The number of carbonyl (C=O) groups is 2.